The van der Waals surface area contributed by atoms with Gasteiger partial charge in [0.15, 0.2) is 5.78 Å². The molecule has 0 heterocycles. The first-order valence-corrected chi connectivity index (χ1v) is 4.79. The van der Waals surface area contributed by atoms with Crippen LogP contribution >= 0.6 is 0 Å². The van der Waals surface area contributed by atoms with Crippen molar-refractivity contribution in [1.82, 2.24) is 16.0 Å². The van der Waals surface area contributed by atoms with Crippen LogP contribution in [0.3, 0.4) is 0 Å². The zero-order valence-corrected chi connectivity index (χ0v) is 9.05. The third-order valence-corrected chi connectivity index (χ3v) is 1.66. The minimum absolute atomic E-state index is 0.0250. The minimum atomic E-state index is -0.360. The Morgan fingerprint density at radius 2 is 1.47 bits per heavy atom. The van der Waals surface area contributed by atoms with Crippen molar-refractivity contribution in [2.75, 3.05) is 26.7 Å². The first kappa shape index (κ1) is 13.6. The highest BCUT2D eigenvalue weighted by Crippen LogP contribution is 1.77. The molecule has 2 amide bonds. The standard InChI is InChI=1S/C9H17N3O3/c1-3-7(13)4-11-9(15)6-12-8(14)5-10-2/h10H,3-6H2,1-2H3,(H,11,15)(H,12,14). The fourth-order valence-electron chi connectivity index (χ4n) is 0.787. The van der Waals surface area contributed by atoms with E-state index in [2.05, 4.69) is 16.0 Å². The molecule has 6 nitrogen and oxygen atoms in total. The number of carbonyl (C=O) groups excluding carboxylic acids is 3. The van der Waals surface area contributed by atoms with Crippen LogP contribution < -0.4 is 16.0 Å². The van der Waals surface area contributed by atoms with Gasteiger partial charge in [0.1, 0.15) is 0 Å². The number of hydrogen-bond donors (Lipinski definition) is 3. The number of hydrogen-bond acceptors (Lipinski definition) is 4. The Morgan fingerprint density at radius 1 is 0.933 bits per heavy atom. The van der Waals surface area contributed by atoms with E-state index < -0.39 is 0 Å². The highest BCUT2D eigenvalue weighted by molar-refractivity contribution is 5.89. The molecule has 86 valence electrons. The molecule has 0 aromatic carbocycles. The van der Waals surface area contributed by atoms with Crippen LogP contribution in [0.5, 0.6) is 0 Å². The second-order valence-corrected chi connectivity index (χ2v) is 2.98. The van der Waals surface area contributed by atoms with Gasteiger partial charge in [-0.2, -0.15) is 0 Å². The van der Waals surface area contributed by atoms with Crippen molar-refractivity contribution in [3.63, 3.8) is 0 Å². The van der Waals surface area contributed by atoms with Crippen molar-refractivity contribution >= 4 is 17.6 Å². The normalized spacial score (nSPS) is 9.47. The summed E-state index contributed by atoms with van der Waals surface area (Å²) in [5, 5.41) is 7.46. The second-order valence-electron chi connectivity index (χ2n) is 2.98. The number of nitrogens with one attached hydrogen (secondary N) is 3. The van der Waals surface area contributed by atoms with Gasteiger partial charge < -0.3 is 16.0 Å². The molecule has 0 atom stereocenters. The highest BCUT2D eigenvalue weighted by Gasteiger charge is 2.05. The van der Waals surface area contributed by atoms with Crippen LogP contribution in [0.15, 0.2) is 0 Å². The Balaban J connectivity index is 3.57. The van der Waals surface area contributed by atoms with Crippen molar-refractivity contribution < 1.29 is 14.4 Å². The van der Waals surface area contributed by atoms with E-state index in [0.29, 0.717) is 6.42 Å². The number of amides is 2. The Bertz CT molecular complexity index is 241. The van der Waals surface area contributed by atoms with Crippen LogP contribution in [0.1, 0.15) is 13.3 Å². The van der Waals surface area contributed by atoms with E-state index in [4.69, 9.17) is 0 Å². The lowest BCUT2D eigenvalue weighted by molar-refractivity contribution is -0.126. The monoisotopic (exact) mass is 215 g/mol. The lowest BCUT2D eigenvalue weighted by atomic mass is 10.3. The van der Waals surface area contributed by atoms with E-state index in [9.17, 15) is 14.4 Å². The summed E-state index contributed by atoms with van der Waals surface area (Å²) in [6.07, 6.45) is 0.395. The van der Waals surface area contributed by atoms with Crippen LogP contribution in [-0.4, -0.2) is 44.3 Å². The minimum Gasteiger partial charge on any atom is -0.347 e. The fraction of sp³-hybridized carbons (Fsp3) is 0.667. The summed E-state index contributed by atoms with van der Waals surface area (Å²) < 4.78 is 0. The van der Waals surface area contributed by atoms with E-state index in [0.717, 1.165) is 0 Å². The summed E-state index contributed by atoms with van der Waals surface area (Å²) in [5.41, 5.74) is 0. The van der Waals surface area contributed by atoms with Gasteiger partial charge in [-0.05, 0) is 7.05 Å². The highest BCUT2D eigenvalue weighted by atomic mass is 16.2. The fourth-order valence-corrected chi connectivity index (χ4v) is 0.787. The molecule has 3 N–H and O–H groups in total. The summed E-state index contributed by atoms with van der Waals surface area (Å²) in [7, 11) is 1.64. The predicted octanol–water partition coefficient (Wildman–Crippen LogP) is -1.58. The molecule has 0 aliphatic rings. The topological polar surface area (TPSA) is 87.3 Å². The average molecular weight is 215 g/mol. The van der Waals surface area contributed by atoms with Crippen LogP contribution in [0, 0.1) is 0 Å². The molecule has 0 aromatic heterocycles. The molecule has 0 bridgehead atoms. The maximum atomic E-state index is 11.1. The van der Waals surface area contributed by atoms with Crippen LogP contribution in [-0.2, 0) is 14.4 Å². The van der Waals surface area contributed by atoms with E-state index in [1.165, 1.54) is 0 Å². The number of rotatable bonds is 7. The largest absolute Gasteiger partial charge is 0.347 e. The summed E-state index contributed by atoms with van der Waals surface area (Å²) in [6.45, 7) is 1.82. The molecule has 0 saturated heterocycles. The van der Waals surface area contributed by atoms with Gasteiger partial charge in [0.05, 0.1) is 19.6 Å². The third kappa shape index (κ3) is 7.63. The third-order valence-electron chi connectivity index (χ3n) is 1.66. The van der Waals surface area contributed by atoms with Gasteiger partial charge in [-0.1, -0.05) is 6.92 Å². The Hall–Kier alpha value is -1.43. The Labute approximate surface area is 88.8 Å². The molecule has 15 heavy (non-hydrogen) atoms. The zero-order chi connectivity index (χ0) is 11.7. The molecule has 0 aliphatic heterocycles. The first-order chi connectivity index (χ1) is 7.10. The lowest BCUT2D eigenvalue weighted by Gasteiger charge is -2.05. The van der Waals surface area contributed by atoms with Crippen LogP contribution in [0.25, 0.3) is 0 Å². The van der Waals surface area contributed by atoms with Crippen molar-refractivity contribution in [2.24, 2.45) is 0 Å². The van der Waals surface area contributed by atoms with Crippen molar-refractivity contribution in [3.05, 3.63) is 0 Å². The summed E-state index contributed by atoms with van der Waals surface area (Å²) in [4.78, 5) is 32.8. The summed E-state index contributed by atoms with van der Waals surface area (Å²) >= 11 is 0. The summed E-state index contributed by atoms with van der Waals surface area (Å²) in [5.74, 6) is -0.652. The molecule has 0 saturated carbocycles. The molecule has 0 fully saturated rings. The van der Waals surface area contributed by atoms with E-state index in [-0.39, 0.29) is 37.2 Å². The molecule has 0 radical (unpaired) electrons. The molecule has 6 heteroatoms. The average Bonchev–Trinajstić information content (AvgIpc) is 2.23. The van der Waals surface area contributed by atoms with Gasteiger partial charge in [0, 0.05) is 6.42 Å². The van der Waals surface area contributed by atoms with Crippen LogP contribution in [0.4, 0.5) is 0 Å². The molecular formula is C9H17N3O3. The van der Waals surface area contributed by atoms with Gasteiger partial charge in [-0.15, -0.1) is 0 Å². The molecule has 0 rings (SSSR count). The Morgan fingerprint density at radius 3 is 2.00 bits per heavy atom. The molecule has 0 aliphatic carbocycles. The second kappa shape index (κ2) is 7.93. The maximum absolute atomic E-state index is 11.1. The number of likely N-dealkylation sites (N-methyl/N-ethyl adjacent to an activating group) is 1. The van der Waals surface area contributed by atoms with Crippen molar-refractivity contribution in [3.8, 4) is 0 Å². The Kier molecular flexibility index (Phi) is 7.17. The van der Waals surface area contributed by atoms with E-state index >= 15 is 0 Å². The quantitative estimate of drug-likeness (QED) is 0.478. The van der Waals surface area contributed by atoms with Gasteiger partial charge in [0.2, 0.25) is 11.8 Å². The van der Waals surface area contributed by atoms with Crippen molar-refractivity contribution in [2.45, 2.75) is 13.3 Å². The van der Waals surface area contributed by atoms with Gasteiger partial charge in [-0.25, -0.2) is 0 Å². The SMILES string of the molecule is CCC(=O)CNC(=O)CNC(=O)CNC. The zero-order valence-electron chi connectivity index (χ0n) is 9.05. The van der Waals surface area contributed by atoms with Gasteiger partial charge in [0.25, 0.3) is 0 Å². The van der Waals surface area contributed by atoms with Crippen molar-refractivity contribution in [1.29, 1.82) is 0 Å². The summed E-state index contributed by atoms with van der Waals surface area (Å²) in [6, 6.07) is 0. The molecule has 0 aromatic rings. The smallest absolute Gasteiger partial charge is 0.239 e. The molecular weight excluding hydrogens is 198 g/mol. The molecule has 0 spiro atoms. The van der Waals surface area contributed by atoms with Crippen LogP contribution in [0.2, 0.25) is 0 Å². The number of Topliss-reactive ketones (excluding diaryl/α,β-unsaturated/α-hetero) is 1. The van der Waals surface area contributed by atoms with Gasteiger partial charge in [-0.3, -0.25) is 14.4 Å². The maximum Gasteiger partial charge on any atom is 0.239 e. The van der Waals surface area contributed by atoms with Gasteiger partial charge >= 0.3 is 0 Å². The number of carbonyl (C=O) groups is 3. The predicted molar refractivity (Wildman–Crippen MR) is 55.2 cm³/mol. The molecule has 0 unspecified atom stereocenters. The first-order valence-electron chi connectivity index (χ1n) is 4.79. The van der Waals surface area contributed by atoms with E-state index in [1.54, 1.807) is 14.0 Å². The lowest BCUT2D eigenvalue weighted by Crippen LogP contribution is -2.41. The number of ketones is 1. The van der Waals surface area contributed by atoms with E-state index in [1.807, 2.05) is 0 Å².